The van der Waals surface area contributed by atoms with E-state index in [1.165, 1.54) is 42.5 Å². The van der Waals surface area contributed by atoms with E-state index < -0.39 is 17.6 Å². The molecule has 2 aromatic carbocycles. The van der Waals surface area contributed by atoms with Crippen LogP contribution in [0.15, 0.2) is 60.7 Å². The Morgan fingerprint density at radius 2 is 1.35 bits per heavy atom. The van der Waals surface area contributed by atoms with Crippen LogP contribution in [0.25, 0.3) is 22.4 Å². The quantitative estimate of drug-likeness (QED) is 0.780. The Labute approximate surface area is 130 Å². The molecule has 23 heavy (non-hydrogen) atoms. The zero-order chi connectivity index (χ0) is 16.4. The Bertz CT molecular complexity index is 894. The lowest BCUT2D eigenvalue weighted by Crippen LogP contribution is -2.03. The Morgan fingerprint density at radius 3 is 1.91 bits per heavy atom. The predicted octanol–water partition coefficient (Wildman–Crippen LogP) is 4.39. The van der Waals surface area contributed by atoms with Gasteiger partial charge in [0.05, 0.1) is 5.69 Å². The molecule has 0 unspecified atom stereocenters. The van der Waals surface area contributed by atoms with Crippen LogP contribution in [0.1, 0.15) is 10.5 Å². The molecule has 3 nitrogen and oxygen atoms in total. The minimum Gasteiger partial charge on any atom is -0.477 e. The van der Waals surface area contributed by atoms with E-state index in [2.05, 4.69) is 4.98 Å². The van der Waals surface area contributed by atoms with Crippen molar-refractivity contribution in [3.05, 3.63) is 78.0 Å². The third kappa shape index (κ3) is 2.81. The molecule has 3 aromatic rings. The average Bonchev–Trinajstić information content (AvgIpc) is 2.55. The number of hydrogen-bond donors (Lipinski definition) is 1. The lowest BCUT2D eigenvalue weighted by molar-refractivity contribution is 0.0690. The molecule has 0 fully saturated rings. The van der Waals surface area contributed by atoms with E-state index in [-0.39, 0.29) is 22.5 Å². The summed E-state index contributed by atoms with van der Waals surface area (Å²) in [5.41, 5.74) is 0.540. The van der Waals surface area contributed by atoms with Crippen LogP contribution >= 0.6 is 0 Å². The minimum atomic E-state index is -1.23. The summed E-state index contributed by atoms with van der Waals surface area (Å²) in [5.74, 6) is -2.28. The third-order valence-corrected chi connectivity index (χ3v) is 3.41. The SMILES string of the molecule is O=C(O)c1ccc(-c2ccccc2F)c(-c2ccccc2F)n1. The number of aromatic carboxylic acids is 1. The normalized spacial score (nSPS) is 10.5. The highest BCUT2D eigenvalue weighted by Crippen LogP contribution is 2.33. The standard InChI is InChI=1S/C18H11F2NO2/c19-14-7-3-1-5-11(14)12-9-10-16(18(22)23)21-17(12)13-6-2-4-8-15(13)20/h1-10H,(H,22,23). The molecule has 0 radical (unpaired) electrons. The molecule has 3 rings (SSSR count). The predicted molar refractivity (Wildman–Crippen MR) is 82.0 cm³/mol. The molecule has 0 bridgehead atoms. The maximum absolute atomic E-state index is 14.1. The molecule has 114 valence electrons. The van der Waals surface area contributed by atoms with Gasteiger partial charge in [-0.25, -0.2) is 18.6 Å². The number of carboxylic acids is 1. The fourth-order valence-corrected chi connectivity index (χ4v) is 2.33. The van der Waals surface area contributed by atoms with Crippen molar-refractivity contribution < 1.29 is 18.7 Å². The molecule has 0 aliphatic rings. The van der Waals surface area contributed by atoms with Crippen molar-refractivity contribution in [2.24, 2.45) is 0 Å². The van der Waals surface area contributed by atoms with E-state index in [1.54, 1.807) is 18.2 Å². The van der Waals surface area contributed by atoms with Gasteiger partial charge in [0.15, 0.2) is 0 Å². The second kappa shape index (κ2) is 5.96. The van der Waals surface area contributed by atoms with Gasteiger partial charge in [0.2, 0.25) is 0 Å². The largest absolute Gasteiger partial charge is 0.477 e. The van der Waals surface area contributed by atoms with E-state index in [9.17, 15) is 13.6 Å². The Kier molecular flexibility index (Phi) is 3.85. The number of hydrogen-bond acceptors (Lipinski definition) is 2. The summed E-state index contributed by atoms with van der Waals surface area (Å²) in [6.07, 6.45) is 0. The van der Waals surface area contributed by atoms with Crippen LogP contribution in [0, 0.1) is 11.6 Å². The number of carboxylic acid groups (broad SMARTS) is 1. The summed E-state index contributed by atoms with van der Waals surface area (Å²) in [5, 5.41) is 9.11. The smallest absolute Gasteiger partial charge is 0.354 e. The fourth-order valence-electron chi connectivity index (χ4n) is 2.33. The average molecular weight is 311 g/mol. The van der Waals surface area contributed by atoms with Crippen molar-refractivity contribution in [2.75, 3.05) is 0 Å². The van der Waals surface area contributed by atoms with Gasteiger partial charge in [-0.05, 0) is 30.3 Å². The van der Waals surface area contributed by atoms with Gasteiger partial charge in [0, 0.05) is 16.7 Å². The van der Waals surface area contributed by atoms with Crippen molar-refractivity contribution in [1.29, 1.82) is 0 Å². The summed E-state index contributed by atoms with van der Waals surface area (Å²) in [6, 6.07) is 14.6. The lowest BCUT2D eigenvalue weighted by Gasteiger charge is -2.11. The minimum absolute atomic E-state index is 0.0908. The van der Waals surface area contributed by atoms with Gasteiger partial charge in [-0.15, -0.1) is 0 Å². The summed E-state index contributed by atoms with van der Waals surface area (Å²) >= 11 is 0. The van der Waals surface area contributed by atoms with Crippen molar-refractivity contribution in [1.82, 2.24) is 4.98 Å². The van der Waals surface area contributed by atoms with E-state index in [0.29, 0.717) is 5.56 Å². The van der Waals surface area contributed by atoms with E-state index in [0.717, 1.165) is 0 Å². The molecule has 5 heteroatoms. The van der Waals surface area contributed by atoms with Gasteiger partial charge in [-0.3, -0.25) is 0 Å². The van der Waals surface area contributed by atoms with Crippen molar-refractivity contribution in [2.45, 2.75) is 0 Å². The molecule has 0 aliphatic carbocycles. The van der Waals surface area contributed by atoms with E-state index in [1.807, 2.05) is 0 Å². The zero-order valence-corrected chi connectivity index (χ0v) is 11.8. The number of carbonyl (C=O) groups is 1. The van der Waals surface area contributed by atoms with Crippen LogP contribution in [0.5, 0.6) is 0 Å². The number of pyridine rings is 1. The first kappa shape index (κ1) is 14.8. The molecule has 0 amide bonds. The summed E-state index contributed by atoms with van der Waals surface area (Å²) in [6.45, 7) is 0. The molecule has 1 aromatic heterocycles. The van der Waals surface area contributed by atoms with E-state index >= 15 is 0 Å². The molecule has 0 saturated carbocycles. The van der Waals surface area contributed by atoms with Gasteiger partial charge >= 0.3 is 5.97 Å². The number of nitrogens with zero attached hydrogens (tertiary/aromatic N) is 1. The Balaban J connectivity index is 2.31. The van der Waals surface area contributed by atoms with Gasteiger partial charge in [0.1, 0.15) is 17.3 Å². The first-order valence-corrected chi connectivity index (χ1v) is 6.82. The number of benzene rings is 2. The van der Waals surface area contributed by atoms with Gasteiger partial charge in [-0.2, -0.15) is 0 Å². The van der Waals surface area contributed by atoms with Crippen LogP contribution < -0.4 is 0 Å². The monoisotopic (exact) mass is 311 g/mol. The van der Waals surface area contributed by atoms with E-state index in [4.69, 9.17) is 5.11 Å². The van der Waals surface area contributed by atoms with Gasteiger partial charge in [-0.1, -0.05) is 30.3 Å². The second-order valence-corrected chi connectivity index (χ2v) is 4.86. The van der Waals surface area contributed by atoms with Crippen LogP contribution in [-0.2, 0) is 0 Å². The molecular weight excluding hydrogens is 300 g/mol. The molecule has 1 N–H and O–H groups in total. The lowest BCUT2D eigenvalue weighted by atomic mass is 9.98. The number of aromatic nitrogens is 1. The molecular formula is C18H11F2NO2. The molecule has 0 saturated heterocycles. The third-order valence-electron chi connectivity index (χ3n) is 3.41. The highest BCUT2D eigenvalue weighted by atomic mass is 19.1. The molecule has 0 spiro atoms. The molecule has 0 atom stereocenters. The first-order chi connectivity index (χ1) is 11.1. The summed E-state index contributed by atoms with van der Waals surface area (Å²) < 4.78 is 28.2. The van der Waals surface area contributed by atoms with Crippen LogP contribution in [0.4, 0.5) is 8.78 Å². The zero-order valence-electron chi connectivity index (χ0n) is 11.8. The Morgan fingerprint density at radius 1 is 0.783 bits per heavy atom. The molecule has 1 heterocycles. The molecule has 0 aliphatic heterocycles. The Hall–Kier alpha value is -3.08. The number of halogens is 2. The number of rotatable bonds is 3. The highest BCUT2D eigenvalue weighted by Gasteiger charge is 2.17. The van der Waals surface area contributed by atoms with Crippen LogP contribution in [0.2, 0.25) is 0 Å². The second-order valence-electron chi connectivity index (χ2n) is 4.86. The van der Waals surface area contributed by atoms with Crippen LogP contribution in [-0.4, -0.2) is 16.1 Å². The van der Waals surface area contributed by atoms with Gasteiger partial charge < -0.3 is 5.11 Å². The maximum atomic E-state index is 14.1. The van der Waals surface area contributed by atoms with Crippen molar-refractivity contribution in [3.63, 3.8) is 0 Å². The fraction of sp³-hybridized carbons (Fsp3) is 0. The van der Waals surface area contributed by atoms with Crippen LogP contribution in [0.3, 0.4) is 0 Å². The van der Waals surface area contributed by atoms with Gasteiger partial charge in [0.25, 0.3) is 0 Å². The van der Waals surface area contributed by atoms with Crippen molar-refractivity contribution >= 4 is 5.97 Å². The first-order valence-electron chi connectivity index (χ1n) is 6.82. The topological polar surface area (TPSA) is 50.2 Å². The maximum Gasteiger partial charge on any atom is 0.354 e. The van der Waals surface area contributed by atoms with Crippen molar-refractivity contribution in [3.8, 4) is 22.4 Å². The summed E-state index contributed by atoms with van der Waals surface area (Å²) in [7, 11) is 0. The summed E-state index contributed by atoms with van der Waals surface area (Å²) in [4.78, 5) is 15.2. The highest BCUT2D eigenvalue weighted by molar-refractivity contribution is 5.89.